The largest absolute Gasteiger partial charge is 0.350 e. The first-order valence-electron chi connectivity index (χ1n) is 9.85. The summed E-state index contributed by atoms with van der Waals surface area (Å²) in [6.45, 7) is 7.73. The number of benzene rings is 1. The van der Waals surface area contributed by atoms with E-state index >= 15 is 0 Å². The van der Waals surface area contributed by atoms with Crippen LogP contribution in [-0.2, 0) is 13.1 Å². The number of aromatic nitrogens is 2. The maximum absolute atomic E-state index is 4.47. The molecule has 0 aliphatic carbocycles. The molecule has 1 N–H and O–H groups in total. The van der Waals surface area contributed by atoms with Crippen molar-refractivity contribution in [3.05, 3.63) is 53.9 Å². The quantitative estimate of drug-likeness (QED) is 0.866. The Bertz CT molecular complexity index is 681. The van der Waals surface area contributed by atoms with Crippen molar-refractivity contribution in [3.63, 3.8) is 0 Å². The van der Waals surface area contributed by atoms with Gasteiger partial charge in [0.1, 0.15) is 0 Å². The minimum absolute atomic E-state index is 0.696. The number of anilines is 1. The highest BCUT2D eigenvalue weighted by molar-refractivity contribution is 5.28. The normalized spacial score (nSPS) is 22.1. The highest BCUT2D eigenvalue weighted by atomic mass is 15.3. The smallest absolute Gasteiger partial charge is 0.222 e. The fourth-order valence-electron chi connectivity index (χ4n) is 4.11. The second-order valence-corrected chi connectivity index (χ2v) is 7.68. The molecule has 5 nitrogen and oxygen atoms in total. The maximum atomic E-state index is 4.47. The van der Waals surface area contributed by atoms with Crippen LogP contribution in [0.5, 0.6) is 0 Å². The molecule has 1 unspecified atom stereocenters. The van der Waals surface area contributed by atoms with Gasteiger partial charge in [-0.2, -0.15) is 0 Å². The molecule has 2 aromatic rings. The van der Waals surface area contributed by atoms with Crippen molar-refractivity contribution >= 4 is 5.95 Å². The molecule has 2 saturated heterocycles. The lowest BCUT2D eigenvalue weighted by atomic mass is 9.97. The van der Waals surface area contributed by atoms with Crippen LogP contribution in [0, 0.1) is 0 Å². The number of likely N-dealkylation sites (tertiary alicyclic amines) is 2. The minimum Gasteiger partial charge on any atom is -0.350 e. The molecule has 1 aromatic heterocycles. The zero-order chi connectivity index (χ0) is 17.8. The molecular weight excluding hydrogens is 322 g/mol. The Kier molecular flexibility index (Phi) is 5.46. The van der Waals surface area contributed by atoms with Gasteiger partial charge in [-0.05, 0) is 31.9 Å². The average molecular weight is 351 g/mol. The first kappa shape index (κ1) is 17.4. The molecule has 0 spiro atoms. The summed E-state index contributed by atoms with van der Waals surface area (Å²) in [5, 5.41) is 3.28. The molecule has 1 atom stereocenters. The van der Waals surface area contributed by atoms with Gasteiger partial charge in [0.25, 0.3) is 0 Å². The van der Waals surface area contributed by atoms with Crippen molar-refractivity contribution in [2.24, 2.45) is 0 Å². The third-order valence-electron chi connectivity index (χ3n) is 5.67. The van der Waals surface area contributed by atoms with Crippen LogP contribution in [0.25, 0.3) is 0 Å². The molecule has 1 aromatic carbocycles. The second-order valence-electron chi connectivity index (χ2n) is 7.68. The summed E-state index contributed by atoms with van der Waals surface area (Å²) in [4.78, 5) is 14.2. The SMILES string of the molecule is CC1CCCCN1C1CN(Cc2cnc(NCc3ccccc3)nc2)C1. The molecule has 5 heteroatoms. The lowest BCUT2D eigenvalue weighted by molar-refractivity contribution is -0.00628. The number of hydrogen-bond acceptors (Lipinski definition) is 5. The zero-order valence-corrected chi connectivity index (χ0v) is 15.6. The summed E-state index contributed by atoms with van der Waals surface area (Å²) >= 11 is 0. The van der Waals surface area contributed by atoms with E-state index in [1.165, 1.54) is 50.0 Å². The Labute approximate surface area is 156 Å². The fraction of sp³-hybridized carbons (Fsp3) is 0.524. The molecule has 4 rings (SSSR count). The van der Waals surface area contributed by atoms with Gasteiger partial charge in [-0.1, -0.05) is 36.8 Å². The van der Waals surface area contributed by atoms with E-state index < -0.39 is 0 Å². The van der Waals surface area contributed by atoms with Crippen molar-refractivity contribution in [3.8, 4) is 0 Å². The molecule has 2 fully saturated rings. The van der Waals surface area contributed by atoms with Gasteiger partial charge >= 0.3 is 0 Å². The lowest BCUT2D eigenvalue weighted by Crippen LogP contribution is -2.61. The Balaban J connectivity index is 1.22. The molecule has 138 valence electrons. The molecule has 0 saturated carbocycles. The van der Waals surface area contributed by atoms with E-state index in [2.05, 4.69) is 44.1 Å². The van der Waals surface area contributed by atoms with Gasteiger partial charge in [0, 0.05) is 56.2 Å². The van der Waals surface area contributed by atoms with Crippen LogP contribution in [-0.4, -0.2) is 51.5 Å². The Morgan fingerprint density at radius 3 is 2.54 bits per heavy atom. The van der Waals surface area contributed by atoms with Crippen molar-refractivity contribution in [1.29, 1.82) is 0 Å². The number of hydrogen-bond donors (Lipinski definition) is 1. The molecule has 0 amide bonds. The van der Waals surface area contributed by atoms with Crippen LogP contribution >= 0.6 is 0 Å². The van der Waals surface area contributed by atoms with E-state index in [4.69, 9.17) is 0 Å². The fourth-order valence-corrected chi connectivity index (χ4v) is 4.11. The molecule has 0 radical (unpaired) electrons. The standard InChI is InChI=1S/C21H29N5/c1-17-7-5-6-10-26(17)20-15-25(16-20)14-19-12-23-21(24-13-19)22-11-18-8-3-2-4-9-18/h2-4,8-9,12-13,17,20H,5-7,10-11,14-16H2,1H3,(H,22,23,24). The number of rotatable bonds is 6. The Morgan fingerprint density at radius 2 is 1.81 bits per heavy atom. The summed E-state index contributed by atoms with van der Waals surface area (Å²) in [6, 6.07) is 11.8. The highest BCUT2D eigenvalue weighted by Gasteiger charge is 2.34. The van der Waals surface area contributed by atoms with E-state index in [9.17, 15) is 0 Å². The topological polar surface area (TPSA) is 44.3 Å². The molecule has 3 heterocycles. The molecule has 0 bridgehead atoms. The Morgan fingerprint density at radius 1 is 1.04 bits per heavy atom. The minimum atomic E-state index is 0.696. The van der Waals surface area contributed by atoms with Crippen LogP contribution < -0.4 is 5.32 Å². The van der Waals surface area contributed by atoms with E-state index in [0.29, 0.717) is 5.95 Å². The second kappa shape index (κ2) is 8.14. The predicted molar refractivity (Wildman–Crippen MR) is 105 cm³/mol. The predicted octanol–water partition coefficient (Wildman–Crippen LogP) is 3.15. The van der Waals surface area contributed by atoms with Crippen molar-refractivity contribution in [2.75, 3.05) is 25.0 Å². The van der Waals surface area contributed by atoms with E-state index in [1.54, 1.807) is 0 Å². The van der Waals surface area contributed by atoms with Crippen molar-refractivity contribution in [2.45, 2.75) is 51.4 Å². The molecule has 26 heavy (non-hydrogen) atoms. The molecule has 2 aliphatic rings. The van der Waals surface area contributed by atoms with E-state index in [0.717, 1.165) is 25.2 Å². The molecular formula is C21H29N5. The van der Waals surface area contributed by atoms with Gasteiger partial charge in [0.15, 0.2) is 0 Å². The van der Waals surface area contributed by atoms with E-state index in [1.807, 2.05) is 30.6 Å². The summed E-state index contributed by atoms with van der Waals surface area (Å²) < 4.78 is 0. The third kappa shape index (κ3) is 4.22. The van der Waals surface area contributed by atoms with Crippen molar-refractivity contribution in [1.82, 2.24) is 19.8 Å². The molecule has 2 aliphatic heterocycles. The van der Waals surface area contributed by atoms with Gasteiger partial charge in [-0.15, -0.1) is 0 Å². The summed E-state index contributed by atoms with van der Waals surface area (Å²) in [5.41, 5.74) is 2.43. The van der Waals surface area contributed by atoms with Gasteiger partial charge < -0.3 is 5.32 Å². The lowest BCUT2D eigenvalue weighted by Gasteiger charge is -2.49. The van der Waals surface area contributed by atoms with Gasteiger partial charge in [-0.25, -0.2) is 9.97 Å². The van der Waals surface area contributed by atoms with E-state index in [-0.39, 0.29) is 0 Å². The average Bonchev–Trinajstić information content (AvgIpc) is 2.65. The number of piperidine rings is 1. The van der Waals surface area contributed by atoms with Crippen LogP contribution in [0.4, 0.5) is 5.95 Å². The van der Waals surface area contributed by atoms with Crippen LogP contribution in [0.15, 0.2) is 42.7 Å². The number of nitrogens with one attached hydrogen (secondary N) is 1. The van der Waals surface area contributed by atoms with Gasteiger partial charge in [-0.3, -0.25) is 9.80 Å². The summed E-state index contributed by atoms with van der Waals surface area (Å²) in [7, 11) is 0. The highest BCUT2D eigenvalue weighted by Crippen LogP contribution is 2.25. The first-order chi connectivity index (χ1) is 12.8. The zero-order valence-electron chi connectivity index (χ0n) is 15.6. The van der Waals surface area contributed by atoms with Gasteiger partial charge in [0.2, 0.25) is 5.95 Å². The third-order valence-corrected chi connectivity index (χ3v) is 5.67. The first-order valence-corrected chi connectivity index (χ1v) is 9.85. The van der Waals surface area contributed by atoms with Gasteiger partial charge in [0.05, 0.1) is 0 Å². The maximum Gasteiger partial charge on any atom is 0.222 e. The summed E-state index contributed by atoms with van der Waals surface area (Å²) in [5.74, 6) is 0.696. The van der Waals surface area contributed by atoms with Crippen LogP contribution in [0.2, 0.25) is 0 Å². The van der Waals surface area contributed by atoms with Crippen LogP contribution in [0.1, 0.15) is 37.3 Å². The summed E-state index contributed by atoms with van der Waals surface area (Å²) in [6.07, 6.45) is 8.04. The number of nitrogens with zero attached hydrogens (tertiary/aromatic N) is 4. The van der Waals surface area contributed by atoms with Crippen LogP contribution in [0.3, 0.4) is 0 Å². The monoisotopic (exact) mass is 351 g/mol. The van der Waals surface area contributed by atoms with Crippen molar-refractivity contribution < 1.29 is 0 Å². The Hall–Kier alpha value is -1.98.